The van der Waals surface area contributed by atoms with Gasteiger partial charge in [0, 0.05) is 25.7 Å². The van der Waals surface area contributed by atoms with Gasteiger partial charge in [0.25, 0.3) is 10.1 Å². The van der Waals surface area contributed by atoms with E-state index in [2.05, 4.69) is 14.9 Å². The standard InChI is InChI=1S/C17H18ClN3O3S/c1-12-4-6-15(25(22,23)24)14(9-12)20-17-3-2-8-21(17)11-13-5-7-16(18)19-10-13/h4-7,9-10H,2-3,8,11H2,1H3,(H,22,23,24). The molecule has 1 aromatic carbocycles. The molecule has 0 atom stereocenters. The fourth-order valence-electron chi connectivity index (χ4n) is 2.80. The molecule has 1 aliphatic heterocycles. The molecule has 2 heterocycles. The van der Waals surface area contributed by atoms with Crippen molar-refractivity contribution in [2.75, 3.05) is 6.54 Å². The molecule has 1 saturated heterocycles. The number of hydrogen-bond donors (Lipinski definition) is 1. The van der Waals surface area contributed by atoms with Gasteiger partial charge in [-0.15, -0.1) is 0 Å². The van der Waals surface area contributed by atoms with E-state index in [1.165, 1.54) is 6.07 Å². The molecular weight excluding hydrogens is 362 g/mol. The number of amidine groups is 1. The van der Waals surface area contributed by atoms with Gasteiger partial charge in [-0.3, -0.25) is 4.55 Å². The van der Waals surface area contributed by atoms with Crippen LogP contribution < -0.4 is 0 Å². The summed E-state index contributed by atoms with van der Waals surface area (Å²) in [4.78, 5) is 10.5. The van der Waals surface area contributed by atoms with Crippen molar-refractivity contribution in [3.8, 4) is 0 Å². The van der Waals surface area contributed by atoms with Gasteiger partial charge in [0.1, 0.15) is 15.9 Å². The van der Waals surface area contributed by atoms with Crippen molar-refractivity contribution in [3.05, 3.63) is 52.8 Å². The number of halogens is 1. The highest BCUT2D eigenvalue weighted by atomic mass is 35.5. The lowest BCUT2D eigenvalue weighted by atomic mass is 10.2. The summed E-state index contributed by atoms with van der Waals surface area (Å²) in [7, 11) is -4.32. The Hall–Kier alpha value is -1.96. The SMILES string of the molecule is Cc1ccc(S(=O)(=O)O)c(N=C2CCCN2Cc2ccc(Cl)nc2)c1. The number of aliphatic imine (C=N–C) groups is 1. The van der Waals surface area contributed by atoms with Crippen molar-refractivity contribution in [1.82, 2.24) is 9.88 Å². The van der Waals surface area contributed by atoms with Crippen LogP contribution >= 0.6 is 11.6 Å². The predicted octanol–water partition coefficient (Wildman–Crippen LogP) is 3.62. The van der Waals surface area contributed by atoms with Gasteiger partial charge in [-0.05, 0) is 42.7 Å². The minimum absolute atomic E-state index is 0.175. The van der Waals surface area contributed by atoms with Gasteiger partial charge in [0.15, 0.2) is 0 Å². The summed E-state index contributed by atoms with van der Waals surface area (Å²) in [6.07, 6.45) is 3.40. The van der Waals surface area contributed by atoms with Crippen LogP contribution in [0, 0.1) is 6.92 Å². The highest BCUT2D eigenvalue weighted by Crippen LogP contribution is 2.28. The van der Waals surface area contributed by atoms with E-state index < -0.39 is 10.1 Å². The van der Waals surface area contributed by atoms with Crippen LogP contribution in [0.25, 0.3) is 0 Å². The fourth-order valence-corrected chi connectivity index (χ4v) is 3.53. The van der Waals surface area contributed by atoms with Gasteiger partial charge in [0.05, 0.1) is 5.69 Å². The molecule has 0 radical (unpaired) electrons. The van der Waals surface area contributed by atoms with Crippen molar-refractivity contribution in [3.63, 3.8) is 0 Å². The zero-order valence-electron chi connectivity index (χ0n) is 13.7. The van der Waals surface area contributed by atoms with Crippen LogP contribution in [-0.2, 0) is 16.7 Å². The van der Waals surface area contributed by atoms with Crippen molar-refractivity contribution >= 4 is 33.2 Å². The molecule has 132 valence electrons. The largest absolute Gasteiger partial charge is 0.356 e. The second-order valence-corrected chi connectivity index (χ2v) is 7.77. The van der Waals surface area contributed by atoms with Crippen LogP contribution in [-0.4, -0.2) is 35.2 Å². The molecule has 0 amide bonds. The predicted molar refractivity (Wildman–Crippen MR) is 97.0 cm³/mol. The number of hydrogen-bond acceptors (Lipinski definition) is 4. The first-order valence-corrected chi connectivity index (χ1v) is 9.66. The van der Waals surface area contributed by atoms with Gasteiger partial charge in [-0.1, -0.05) is 23.7 Å². The van der Waals surface area contributed by atoms with Crippen LogP contribution in [0.3, 0.4) is 0 Å². The molecule has 0 bridgehead atoms. The maximum absolute atomic E-state index is 11.6. The summed E-state index contributed by atoms with van der Waals surface area (Å²) >= 11 is 5.81. The molecule has 1 fully saturated rings. The second kappa shape index (κ2) is 7.11. The van der Waals surface area contributed by atoms with E-state index in [1.807, 2.05) is 13.0 Å². The minimum atomic E-state index is -4.32. The lowest BCUT2D eigenvalue weighted by molar-refractivity contribution is 0.447. The third-order valence-electron chi connectivity index (χ3n) is 4.00. The highest BCUT2D eigenvalue weighted by molar-refractivity contribution is 7.86. The van der Waals surface area contributed by atoms with E-state index in [4.69, 9.17) is 11.6 Å². The summed E-state index contributed by atoms with van der Waals surface area (Å²) in [6.45, 7) is 3.30. The van der Waals surface area contributed by atoms with E-state index in [1.54, 1.807) is 24.4 Å². The van der Waals surface area contributed by atoms with Crippen molar-refractivity contribution in [1.29, 1.82) is 0 Å². The Morgan fingerprint density at radius 3 is 2.80 bits per heavy atom. The second-order valence-electron chi connectivity index (χ2n) is 5.99. The summed E-state index contributed by atoms with van der Waals surface area (Å²) in [5, 5.41) is 0.441. The molecule has 25 heavy (non-hydrogen) atoms. The summed E-state index contributed by atoms with van der Waals surface area (Å²) in [5.41, 5.74) is 2.13. The van der Waals surface area contributed by atoms with E-state index in [-0.39, 0.29) is 10.6 Å². The Labute approximate surface area is 151 Å². The van der Waals surface area contributed by atoms with Crippen molar-refractivity contribution < 1.29 is 13.0 Å². The first kappa shape index (κ1) is 17.8. The van der Waals surface area contributed by atoms with Gasteiger partial charge < -0.3 is 4.90 Å². The normalized spacial score (nSPS) is 16.6. The number of benzene rings is 1. The lowest BCUT2D eigenvalue weighted by Crippen LogP contribution is -2.24. The maximum atomic E-state index is 11.6. The number of aryl methyl sites for hydroxylation is 1. The Bertz CT molecular complexity index is 911. The molecular formula is C17H18ClN3O3S. The molecule has 1 aromatic heterocycles. The molecule has 2 aromatic rings. The molecule has 8 heteroatoms. The average molecular weight is 380 g/mol. The van der Waals surface area contributed by atoms with E-state index in [0.29, 0.717) is 11.7 Å². The molecule has 6 nitrogen and oxygen atoms in total. The average Bonchev–Trinajstić information content (AvgIpc) is 2.95. The summed E-state index contributed by atoms with van der Waals surface area (Å²) in [6, 6.07) is 8.32. The van der Waals surface area contributed by atoms with Gasteiger partial charge in [-0.25, -0.2) is 9.98 Å². The first-order valence-electron chi connectivity index (χ1n) is 7.84. The molecule has 0 spiro atoms. The smallest absolute Gasteiger partial charge is 0.296 e. The summed E-state index contributed by atoms with van der Waals surface area (Å²) < 4.78 is 32.6. The monoisotopic (exact) mass is 379 g/mol. The fraction of sp³-hybridized carbons (Fsp3) is 0.294. The zero-order chi connectivity index (χ0) is 18.0. The van der Waals surface area contributed by atoms with Gasteiger partial charge >= 0.3 is 0 Å². The number of aromatic nitrogens is 1. The van der Waals surface area contributed by atoms with Crippen LogP contribution in [0.2, 0.25) is 5.15 Å². The maximum Gasteiger partial charge on any atom is 0.296 e. The number of likely N-dealkylation sites (tertiary alicyclic amines) is 1. The molecule has 3 rings (SSSR count). The Morgan fingerprint density at radius 2 is 2.12 bits per heavy atom. The Morgan fingerprint density at radius 1 is 1.32 bits per heavy atom. The lowest BCUT2D eigenvalue weighted by Gasteiger charge is -2.19. The van der Waals surface area contributed by atoms with E-state index in [0.717, 1.165) is 36.3 Å². The van der Waals surface area contributed by atoms with Crippen LogP contribution in [0.1, 0.15) is 24.0 Å². The van der Waals surface area contributed by atoms with E-state index in [9.17, 15) is 13.0 Å². The highest BCUT2D eigenvalue weighted by Gasteiger charge is 2.21. The van der Waals surface area contributed by atoms with E-state index >= 15 is 0 Å². The van der Waals surface area contributed by atoms with Crippen molar-refractivity contribution in [2.45, 2.75) is 31.2 Å². The number of pyridine rings is 1. The molecule has 1 N–H and O–H groups in total. The third kappa shape index (κ3) is 4.36. The van der Waals surface area contributed by atoms with Crippen LogP contribution in [0.5, 0.6) is 0 Å². The minimum Gasteiger partial charge on any atom is -0.356 e. The van der Waals surface area contributed by atoms with Crippen LogP contribution in [0.15, 0.2) is 46.4 Å². The molecule has 0 aliphatic carbocycles. The zero-order valence-corrected chi connectivity index (χ0v) is 15.3. The molecule has 0 saturated carbocycles. The first-order chi connectivity index (χ1) is 11.8. The topological polar surface area (TPSA) is 82.9 Å². The third-order valence-corrected chi connectivity index (χ3v) is 5.12. The quantitative estimate of drug-likeness (QED) is 0.648. The van der Waals surface area contributed by atoms with Gasteiger partial charge in [0.2, 0.25) is 0 Å². The Balaban J connectivity index is 1.92. The van der Waals surface area contributed by atoms with Crippen LogP contribution in [0.4, 0.5) is 5.69 Å². The molecule has 0 unspecified atom stereocenters. The number of nitrogens with zero attached hydrogens (tertiary/aromatic N) is 3. The summed E-state index contributed by atoms with van der Waals surface area (Å²) in [5.74, 6) is 0.797. The molecule has 1 aliphatic rings. The number of rotatable bonds is 4. The van der Waals surface area contributed by atoms with Crippen molar-refractivity contribution in [2.24, 2.45) is 4.99 Å². The van der Waals surface area contributed by atoms with Gasteiger partial charge in [-0.2, -0.15) is 8.42 Å². The Kier molecular flexibility index (Phi) is 5.08.